The summed E-state index contributed by atoms with van der Waals surface area (Å²) in [5, 5.41) is 10.0. The van der Waals surface area contributed by atoms with E-state index in [4.69, 9.17) is 14.3 Å². The van der Waals surface area contributed by atoms with E-state index in [1.54, 1.807) is 13.2 Å². The molecule has 1 aromatic heterocycles. The normalized spacial score (nSPS) is 11.8. The third kappa shape index (κ3) is 2.96. The summed E-state index contributed by atoms with van der Waals surface area (Å²) in [5.41, 5.74) is 1.85. The quantitative estimate of drug-likeness (QED) is 0.658. The maximum Gasteiger partial charge on any atom is 0.148 e. The van der Waals surface area contributed by atoms with E-state index in [1.807, 2.05) is 18.2 Å². The van der Waals surface area contributed by atoms with E-state index < -0.39 is 0 Å². The Morgan fingerprint density at radius 2 is 2.33 bits per heavy atom. The van der Waals surface area contributed by atoms with Crippen LogP contribution in [0.1, 0.15) is 12.5 Å². The van der Waals surface area contributed by atoms with Crippen molar-refractivity contribution in [2.24, 2.45) is 0 Å². The number of allylic oxidation sites excluding steroid dienone is 2. The molecule has 0 amide bonds. The van der Waals surface area contributed by atoms with Gasteiger partial charge in [0.2, 0.25) is 0 Å². The standard InChI is InChI=1S/C14H13BrO3/c1-9(16)5-10(2)18-8-11-6-12-3-4-17-14(12)13(15)7-11/h3-7,16H,1,8H2,2H3/b10-5+. The number of rotatable bonds is 4. The van der Waals surface area contributed by atoms with Gasteiger partial charge in [-0.25, -0.2) is 0 Å². The molecule has 0 atom stereocenters. The predicted octanol–water partition coefficient (Wildman–Crippen LogP) is 4.69. The first-order valence-corrected chi connectivity index (χ1v) is 6.20. The molecule has 0 fully saturated rings. The Morgan fingerprint density at radius 1 is 1.56 bits per heavy atom. The molecule has 2 rings (SSSR count). The molecule has 2 aromatic rings. The Kier molecular flexibility index (Phi) is 3.77. The largest absolute Gasteiger partial charge is 0.508 e. The van der Waals surface area contributed by atoms with Crippen LogP contribution >= 0.6 is 15.9 Å². The summed E-state index contributed by atoms with van der Waals surface area (Å²) >= 11 is 3.46. The number of ether oxygens (including phenoxy) is 1. The van der Waals surface area contributed by atoms with Crippen LogP contribution in [-0.2, 0) is 11.3 Å². The number of furan rings is 1. The van der Waals surface area contributed by atoms with Crippen LogP contribution in [0.3, 0.4) is 0 Å². The van der Waals surface area contributed by atoms with Crippen molar-refractivity contribution in [3.63, 3.8) is 0 Å². The first kappa shape index (κ1) is 12.8. The molecular formula is C14H13BrO3. The van der Waals surface area contributed by atoms with Crippen molar-refractivity contribution in [3.8, 4) is 0 Å². The molecule has 18 heavy (non-hydrogen) atoms. The van der Waals surface area contributed by atoms with Gasteiger partial charge in [-0.1, -0.05) is 6.58 Å². The number of benzene rings is 1. The van der Waals surface area contributed by atoms with Gasteiger partial charge in [-0.15, -0.1) is 0 Å². The van der Waals surface area contributed by atoms with Crippen LogP contribution < -0.4 is 0 Å². The van der Waals surface area contributed by atoms with E-state index >= 15 is 0 Å². The van der Waals surface area contributed by atoms with E-state index in [9.17, 15) is 0 Å². The molecule has 0 saturated heterocycles. The van der Waals surface area contributed by atoms with Crippen molar-refractivity contribution in [1.29, 1.82) is 0 Å². The first-order valence-electron chi connectivity index (χ1n) is 5.41. The molecular weight excluding hydrogens is 296 g/mol. The van der Waals surface area contributed by atoms with Gasteiger partial charge in [-0.2, -0.15) is 0 Å². The van der Waals surface area contributed by atoms with E-state index in [2.05, 4.69) is 22.5 Å². The smallest absolute Gasteiger partial charge is 0.148 e. The van der Waals surface area contributed by atoms with Gasteiger partial charge in [0.1, 0.15) is 17.9 Å². The average Bonchev–Trinajstić information content (AvgIpc) is 2.74. The van der Waals surface area contributed by atoms with Crippen molar-refractivity contribution in [3.05, 3.63) is 58.7 Å². The molecule has 0 spiro atoms. The number of aliphatic hydroxyl groups excluding tert-OH is 1. The van der Waals surface area contributed by atoms with Crippen molar-refractivity contribution in [2.45, 2.75) is 13.5 Å². The summed E-state index contributed by atoms with van der Waals surface area (Å²) in [4.78, 5) is 0. The van der Waals surface area contributed by atoms with Crippen molar-refractivity contribution in [1.82, 2.24) is 0 Å². The Labute approximate surface area is 113 Å². The van der Waals surface area contributed by atoms with Crippen molar-refractivity contribution >= 4 is 26.9 Å². The molecule has 0 bridgehead atoms. The fourth-order valence-electron chi connectivity index (χ4n) is 1.65. The highest BCUT2D eigenvalue weighted by Gasteiger charge is 2.05. The Balaban J connectivity index is 2.15. The van der Waals surface area contributed by atoms with Gasteiger partial charge in [-0.3, -0.25) is 0 Å². The molecule has 0 aliphatic rings. The summed E-state index contributed by atoms with van der Waals surface area (Å²) in [6, 6.07) is 5.86. The Hall–Kier alpha value is -1.68. The second-order valence-electron chi connectivity index (χ2n) is 3.95. The molecule has 3 nitrogen and oxygen atoms in total. The summed E-state index contributed by atoms with van der Waals surface area (Å²) in [7, 11) is 0. The summed E-state index contributed by atoms with van der Waals surface area (Å²) in [6.45, 7) is 5.57. The molecule has 94 valence electrons. The van der Waals surface area contributed by atoms with Gasteiger partial charge < -0.3 is 14.3 Å². The highest BCUT2D eigenvalue weighted by molar-refractivity contribution is 9.10. The third-order valence-corrected chi connectivity index (χ3v) is 2.99. The molecule has 0 aliphatic heterocycles. The van der Waals surface area contributed by atoms with Gasteiger partial charge in [0.05, 0.1) is 16.5 Å². The zero-order chi connectivity index (χ0) is 13.1. The van der Waals surface area contributed by atoms with Crippen LogP contribution in [-0.4, -0.2) is 5.11 Å². The molecule has 4 heteroatoms. The maximum atomic E-state index is 9.01. The zero-order valence-corrected chi connectivity index (χ0v) is 11.5. The van der Waals surface area contributed by atoms with Gasteiger partial charge in [-0.05, 0) is 46.6 Å². The number of fused-ring (bicyclic) bond motifs is 1. The second-order valence-corrected chi connectivity index (χ2v) is 4.81. The van der Waals surface area contributed by atoms with Crippen molar-refractivity contribution in [2.75, 3.05) is 0 Å². The van der Waals surface area contributed by atoms with Crippen LogP contribution in [0.25, 0.3) is 11.0 Å². The Morgan fingerprint density at radius 3 is 3.06 bits per heavy atom. The summed E-state index contributed by atoms with van der Waals surface area (Å²) in [6.07, 6.45) is 3.13. The predicted molar refractivity (Wildman–Crippen MR) is 74.2 cm³/mol. The molecule has 0 unspecified atom stereocenters. The molecule has 0 aliphatic carbocycles. The number of hydrogen-bond donors (Lipinski definition) is 1. The minimum absolute atomic E-state index is 0.0148. The van der Waals surface area contributed by atoms with Gasteiger partial charge in [0.25, 0.3) is 0 Å². The highest BCUT2D eigenvalue weighted by atomic mass is 79.9. The van der Waals surface area contributed by atoms with Crippen LogP contribution in [0, 0.1) is 0 Å². The lowest BCUT2D eigenvalue weighted by Gasteiger charge is -2.07. The monoisotopic (exact) mass is 308 g/mol. The lowest BCUT2D eigenvalue weighted by molar-refractivity contribution is 0.199. The summed E-state index contributed by atoms with van der Waals surface area (Å²) < 4.78 is 11.7. The van der Waals surface area contributed by atoms with E-state index in [0.29, 0.717) is 12.4 Å². The van der Waals surface area contributed by atoms with Crippen LogP contribution in [0.15, 0.2) is 57.5 Å². The van der Waals surface area contributed by atoms with Gasteiger partial charge >= 0.3 is 0 Å². The zero-order valence-electron chi connectivity index (χ0n) is 9.94. The fourth-order valence-corrected chi connectivity index (χ4v) is 2.27. The summed E-state index contributed by atoms with van der Waals surface area (Å²) in [5.74, 6) is 0.602. The Bertz CT molecular complexity index is 611. The van der Waals surface area contributed by atoms with Crippen molar-refractivity contribution < 1.29 is 14.3 Å². The topological polar surface area (TPSA) is 42.6 Å². The first-order chi connectivity index (χ1) is 8.56. The lowest BCUT2D eigenvalue weighted by atomic mass is 10.2. The average molecular weight is 309 g/mol. The minimum atomic E-state index is -0.0148. The number of aliphatic hydroxyl groups is 1. The van der Waals surface area contributed by atoms with Crippen LogP contribution in [0.4, 0.5) is 0 Å². The van der Waals surface area contributed by atoms with Gasteiger partial charge in [0, 0.05) is 11.5 Å². The second kappa shape index (κ2) is 5.31. The molecule has 0 saturated carbocycles. The van der Waals surface area contributed by atoms with Crippen LogP contribution in [0.2, 0.25) is 0 Å². The van der Waals surface area contributed by atoms with E-state index in [1.165, 1.54) is 6.08 Å². The molecule has 1 aromatic carbocycles. The third-order valence-electron chi connectivity index (χ3n) is 2.40. The SMILES string of the molecule is C=C(O)/C=C(\C)OCc1cc(Br)c2occc2c1. The number of hydrogen-bond acceptors (Lipinski definition) is 3. The van der Waals surface area contributed by atoms with E-state index in [-0.39, 0.29) is 5.76 Å². The van der Waals surface area contributed by atoms with Gasteiger partial charge in [0.15, 0.2) is 0 Å². The van der Waals surface area contributed by atoms with Crippen LogP contribution in [0.5, 0.6) is 0 Å². The maximum absolute atomic E-state index is 9.01. The molecule has 1 N–H and O–H groups in total. The lowest BCUT2D eigenvalue weighted by Crippen LogP contribution is -1.92. The minimum Gasteiger partial charge on any atom is -0.508 e. The molecule has 0 radical (unpaired) electrons. The number of halogens is 1. The molecule has 1 heterocycles. The highest BCUT2D eigenvalue weighted by Crippen LogP contribution is 2.27. The fraction of sp³-hybridized carbons (Fsp3) is 0.143. The van der Waals surface area contributed by atoms with E-state index in [0.717, 1.165) is 21.0 Å².